The zero-order chi connectivity index (χ0) is 19.8. The lowest BCUT2D eigenvalue weighted by molar-refractivity contribution is 0.0742. The molecule has 0 radical (unpaired) electrons. The summed E-state index contributed by atoms with van der Waals surface area (Å²) in [7, 11) is 0. The van der Waals surface area contributed by atoms with Crippen LogP contribution in [0.5, 0.6) is 5.88 Å². The zero-order valence-corrected chi connectivity index (χ0v) is 16.3. The van der Waals surface area contributed by atoms with E-state index in [9.17, 15) is 9.18 Å². The predicted molar refractivity (Wildman–Crippen MR) is 105 cm³/mol. The van der Waals surface area contributed by atoms with E-state index in [1.807, 2.05) is 11.1 Å². The number of halogens is 1. The quantitative estimate of drug-likeness (QED) is 0.795. The lowest BCUT2D eigenvalue weighted by Gasteiger charge is -2.25. The fraction of sp³-hybridized carbons (Fsp3) is 0.500. The number of hydrogen-bond acceptors (Lipinski definition) is 5. The van der Waals surface area contributed by atoms with Crippen LogP contribution >= 0.6 is 0 Å². The molecule has 1 amide bonds. The average Bonchev–Trinajstić information content (AvgIpc) is 3.54. The number of benzene rings is 1. The Morgan fingerprint density at radius 2 is 1.90 bits per heavy atom. The highest BCUT2D eigenvalue weighted by molar-refractivity contribution is 5.94. The van der Waals surface area contributed by atoms with Crippen LogP contribution in [0.2, 0.25) is 0 Å². The third-order valence-electron chi connectivity index (χ3n) is 6.10. The van der Waals surface area contributed by atoms with Gasteiger partial charge in [0.1, 0.15) is 11.9 Å². The third kappa shape index (κ3) is 4.10. The van der Waals surface area contributed by atoms with Crippen molar-refractivity contribution in [1.29, 1.82) is 0 Å². The Bertz CT molecular complexity index is 869. The predicted octanol–water partition coefficient (Wildman–Crippen LogP) is 2.86. The molecule has 1 aromatic heterocycles. The van der Waals surface area contributed by atoms with Crippen molar-refractivity contribution in [3.63, 3.8) is 0 Å². The molecule has 1 aliphatic carbocycles. The molecule has 2 atom stereocenters. The molecule has 152 valence electrons. The van der Waals surface area contributed by atoms with E-state index in [0.29, 0.717) is 23.9 Å². The molecule has 1 saturated carbocycles. The maximum Gasteiger partial charge on any atom is 0.253 e. The van der Waals surface area contributed by atoms with Gasteiger partial charge in [-0.3, -0.25) is 14.7 Å². The van der Waals surface area contributed by atoms with Crippen molar-refractivity contribution in [1.82, 2.24) is 19.8 Å². The zero-order valence-electron chi connectivity index (χ0n) is 16.3. The molecule has 0 N–H and O–H groups in total. The van der Waals surface area contributed by atoms with Gasteiger partial charge < -0.3 is 9.64 Å². The summed E-state index contributed by atoms with van der Waals surface area (Å²) in [6, 6.07) is 6.07. The van der Waals surface area contributed by atoms with E-state index in [4.69, 9.17) is 4.74 Å². The number of ether oxygens (including phenoxy) is 1. The van der Waals surface area contributed by atoms with Crippen LogP contribution in [-0.4, -0.2) is 64.0 Å². The molecule has 3 heterocycles. The summed E-state index contributed by atoms with van der Waals surface area (Å²) >= 11 is 0. The molecule has 29 heavy (non-hydrogen) atoms. The molecule has 3 aliphatic rings. The van der Waals surface area contributed by atoms with Gasteiger partial charge in [0.05, 0.1) is 18.1 Å². The number of amides is 1. The Balaban J connectivity index is 1.21. The molecular formula is C22H25FN4O2. The molecule has 0 unspecified atom stereocenters. The van der Waals surface area contributed by atoms with Gasteiger partial charge in [0.25, 0.3) is 5.91 Å². The second-order valence-corrected chi connectivity index (χ2v) is 8.29. The summed E-state index contributed by atoms with van der Waals surface area (Å²) in [6.07, 6.45) is 7.83. The van der Waals surface area contributed by atoms with Crippen molar-refractivity contribution in [2.24, 2.45) is 0 Å². The molecule has 2 aliphatic heterocycles. The molecule has 3 fully saturated rings. The van der Waals surface area contributed by atoms with E-state index < -0.39 is 0 Å². The van der Waals surface area contributed by atoms with Gasteiger partial charge >= 0.3 is 0 Å². The Hall–Kier alpha value is -2.54. The molecule has 1 aromatic carbocycles. The van der Waals surface area contributed by atoms with Gasteiger partial charge in [0.2, 0.25) is 5.88 Å². The maximum atomic E-state index is 13.2. The third-order valence-corrected chi connectivity index (χ3v) is 6.10. The van der Waals surface area contributed by atoms with Crippen LogP contribution in [0.3, 0.4) is 0 Å². The fourth-order valence-corrected chi connectivity index (χ4v) is 4.40. The highest BCUT2D eigenvalue weighted by Crippen LogP contribution is 2.38. The van der Waals surface area contributed by atoms with Gasteiger partial charge in [-0.15, -0.1) is 0 Å². The second-order valence-electron chi connectivity index (χ2n) is 8.29. The summed E-state index contributed by atoms with van der Waals surface area (Å²) in [5, 5.41) is 0. The van der Waals surface area contributed by atoms with Crippen molar-refractivity contribution in [2.45, 2.75) is 43.7 Å². The number of rotatable bonds is 4. The van der Waals surface area contributed by atoms with E-state index in [1.54, 1.807) is 18.3 Å². The lowest BCUT2D eigenvalue weighted by Crippen LogP contribution is -2.39. The van der Waals surface area contributed by atoms with Crippen LogP contribution in [-0.2, 0) is 0 Å². The van der Waals surface area contributed by atoms with Gasteiger partial charge in [-0.25, -0.2) is 9.37 Å². The van der Waals surface area contributed by atoms with Crippen LogP contribution in [0.1, 0.15) is 47.7 Å². The Morgan fingerprint density at radius 3 is 2.62 bits per heavy atom. The Labute approximate surface area is 169 Å². The molecule has 0 spiro atoms. The number of fused-ring (bicyclic) bond motifs is 1. The number of nitrogens with zero attached hydrogens (tertiary/aromatic N) is 4. The minimum Gasteiger partial charge on any atom is -0.472 e. The summed E-state index contributed by atoms with van der Waals surface area (Å²) in [4.78, 5) is 26.1. The fourth-order valence-electron chi connectivity index (χ4n) is 4.40. The van der Waals surface area contributed by atoms with Crippen LogP contribution in [0, 0.1) is 5.82 Å². The maximum absolute atomic E-state index is 13.2. The molecule has 0 bridgehead atoms. The van der Waals surface area contributed by atoms with Gasteiger partial charge in [-0.05, 0) is 43.5 Å². The molecule has 2 aromatic rings. The second kappa shape index (κ2) is 7.71. The van der Waals surface area contributed by atoms with Crippen LogP contribution in [0.15, 0.2) is 36.7 Å². The lowest BCUT2D eigenvalue weighted by atomic mass is 10.1. The van der Waals surface area contributed by atoms with Crippen molar-refractivity contribution < 1.29 is 13.9 Å². The largest absolute Gasteiger partial charge is 0.472 e. The first-order chi connectivity index (χ1) is 14.2. The number of hydrogen-bond donors (Lipinski definition) is 0. The first-order valence-electron chi connectivity index (χ1n) is 10.4. The summed E-state index contributed by atoms with van der Waals surface area (Å²) in [5.74, 6) is 0.812. The van der Waals surface area contributed by atoms with E-state index in [1.165, 1.54) is 25.0 Å². The van der Waals surface area contributed by atoms with E-state index in [0.717, 1.165) is 38.2 Å². The molecule has 2 saturated heterocycles. The smallest absolute Gasteiger partial charge is 0.253 e. The summed E-state index contributed by atoms with van der Waals surface area (Å²) in [6.45, 7) is 3.19. The van der Waals surface area contributed by atoms with Crippen molar-refractivity contribution >= 4 is 5.91 Å². The SMILES string of the molecule is O=C(c1ccc(F)cc1)N1CCCN2C[C@H](Oc3cnc(C4CC4)cn3)C[C@H]2C1. The van der Waals surface area contributed by atoms with Crippen LogP contribution < -0.4 is 4.74 Å². The number of aromatic nitrogens is 2. The topological polar surface area (TPSA) is 58.6 Å². The van der Waals surface area contributed by atoms with E-state index in [2.05, 4.69) is 14.9 Å². The van der Waals surface area contributed by atoms with Gasteiger partial charge in [0, 0.05) is 50.1 Å². The number of carbonyl (C=O) groups excluding carboxylic acids is 1. The van der Waals surface area contributed by atoms with Crippen molar-refractivity contribution in [2.75, 3.05) is 26.2 Å². The van der Waals surface area contributed by atoms with Crippen molar-refractivity contribution in [3.8, 4) is 5.88 Å². The molecule has 5 rings (SSSR count). The summed E-state index contributed by atoms with van der Waals surface area (Å²) < 4.78 is 19.3. The van der Waals surface area contributed by atoms with Gasteiger partial charge in [0.15, 0.2) is 0 Å². The van der Waals surface area contributed by atoms with Crippen LogP contribution in [0.4, 0.5) is 4.39 Å². The number of carbonyl (C=O) groups is 1. The first-order valence-corrected chi connectivity index (χ1v) is 10.4. The molecule has 6 nitrogen and oxygen atoms in total. The summed E-state index contributed by atoms with van der Waals surface area (Å²) in [5.41, 5.74) is 1.60. The van der Waals surface area contributed by atoms with Gasteiger partial charge in [-0.1, -0.05) is 0 Å². The monoisotopic (exact) mass is 396 g/mol. The Kier molecular flexibility index (Phi) is 4.91. The minimum absolute atomic E-state index is 0.0299. The first kappa shape index (κ1) is 18.5. The average molecular weight is 396 g/mol. The van der Waals surface area contributed by atoms with E-state index >= 15 is 0 Å². The van der Waals surface area contributed by atoms with Crippen LogP contribution in [0.25, 0.3) is 0 Å². The van der Waals surface area contributed by atoms with Gasteiger partial charge in [-0.2, -0.15) is 0 Å². The molecule has 7 heteroatoms. The standard InChI is InChI=1S/C22H25FN4O2/c23-17-6-4-16(5-7-17)22(28)27-9-1-8-26-14-19(10-18(26)13-27)29-21-12-24-20(11-25-21)15-2-3-15/h4-7,11-12,15,18-19H,1-3,8-10,13-14H2/t18-,19+/m0/s1. The highest BCUT2D eigenvalue weighted by Gasteiger charge is 2.37. The Morgan fingerprint density at radius 1 is 1.07 bits per heavy atom. The highest BCUT2D eigenvalue weighted by atomic mass is 19.1. The normalized spacial score (nSPS) is 24.8. The molecular weight excluding hydrogens is 371 g/mol. The van der Waals surface area contributed by atoms with Crippen molar-refractivity contribution in [3.05, 3.63) is 53.7 Å². The van der Waals surface area contributed by atoms with E-state index in [-0.39, 0.29) is 23.9 Å². The minimum atomic E-state index is -0.326.